The van der Waals surface area contributed by atoms with Crippen molar-refractivity contribution in [1.29, 1.82) is 0 Å². The van der Waals surface area contributed by atoms with Crippen molar-refractivity contribution in [3.8, 4) is 0 Å². The molecule has 2 heterocycles. The minimum Gasteiger partial charge on any atom is -0.507 e. The van der Waals surface area contributed by atoms with E-state index >= 15 is 0 Å². The Morgan fingerprint density at radius 2 is 1.92 bits per heavy atom. The number of hydrogen-bond acceptors (Lipinski definition) is 4. The van der Waals surface area contributed by atoms with Gasteiger partial charge in [0.05, 0.1) is 11.6 Å². The lowest BCUT2D eigenvalue weighted by Crippen LogP contribution is -2.30. The summed E-state index contributed by atoms with van der Waals surface area (Å²) in [5.74, 6) is -2.08. The zero-order valence-electron chi connectivity index (χ0n) is 14.6. The van der Waals surface area contributed by atoms with Gasteiger partial charge in [-0.05, 0) is 54.8 Å². The summed E-state index contributed by atoms with van der Waals surface area (Å²) in [5, 5.41) is 10.8. The van der Waals surface area contributed by atoms with Crippen molar-refractivity contribution < 1.29 is 19.1 Å². The molecule has 1 fully saturated rings. The number of ketones is 1. The molecule has 26 heavy (non-hydrogen) atoms. The first-order chi connectivity index (χ1) is 12.5. The number of likely N-dealkylation sites (tertiary alicyclic amines) is 1. The van der Waals surface area contributed by atoms with Crippen molar-refractivity contribution in [2.45, 2.75) is 26.3 Å². The van der Waals surface area contributed by atoms with Crippen LogP contribution in [0.15, 0.2) is 48.3 Å². The van der Waals surface area contributed by atoms with E-state index in [9.17, 15) is 19.1 Å². The Hall–Kier alpha value is -3.02. The molecule has 1 aromatic heterocycles. The molecule has 0 radical (unpaired) electrons. The quantitative estimate of drug-likeness (QED) is 0.519. The van der Waals surface area contributed by atoms with E-state index in [1.54, 1.807) is 31.5 Å². The maximum atomic E-state index is 13.5. The fourth-order valence-electron chi connectivity index (χ4n) is 3.19. The number of nitrogens with zero attached hydrogens (tertiary/aromatic N) is 2. The summed E-state index contributed by atoms with van der Waals surface area (Å²) < 4.78 is 13.5. The molecule has 1 saturated heterocycles. The minimum absolute atomic E-state index is 0.0145. The highest BCUT2D eigenvalue weighted by Crippen LogP contribution is 2.39. The minimum atomic E-state index is -0.736. The van der Waals surface area contributed by atoms with Gasteiger partial charge in [0.15, 0.2) is 0 Å². The molecule has 1 aliphatic heterocycles. The zero-order chi connectivity index (χ0) is 18.8. The molecule has 0 spiro atoms. The number of pyridine rings is 1. The number of halogens is 1. The molecule has 1 aliphatic rings. The Balaban J connectivity index is 2.19. The molecule has 2 aromatic rings. The smallest absolute Gasteiger partial charge is 0.295 e. The Morgan fingerprint density at radius 1 is 1.23 bits per heavy atom. The predicted octanol–water partition coefficient (Wildman–Crippen LogP) is 3.36. The number of aliphatic hydroxyl groups is 1. The van der Waals surface area contributed by atoms with Crippen LogP contribution in [0.4, 0.5) is 4.39 Å². The van der Waals surface area contributed by atoms with E-state index in [1.807, 2.05) is 6.92 Å². The lowest BCUT2D eigenvalue weighted by molar-refractivity contribution is -0.139. The molecule has 0 saturated carbocycles. The van der Waals surface area contributed by atoms with Crippen LogP contribution in [0.2, 0.25) is 0 Å². The van der Waals surface area contributed by atoms with Crippen molar-refractivity contribution in [2.24, 2.45) is 0 Å². The van der Waals surface area contributed by atoms with Gasteiger partial charge >= 0.3 is 0 Å². The third kappa shape index (κ3) is 2.98. The molecule has 6 heteroatoms. The van der Waals surface area contributed by atoms with Crippen LogP contribution in [0.25, 0.3) is 5.76 Å². The van der Waals surface area contributed by atoms with E-state index < -0.39 is 23.5 Å². The summed E-state index contributed by atoms with van der Waals surface area (Å²) in [7, 11) is 0. The van der Waals surface area contributed by atoms with E-state index in [0.29, 0.717) is 29.7 Å². The van der Waals surface area contributed by atoms with Crippen molar-refractivity contribution in [1.82, 2.24) is 9.88 Å². The number of amides is 1. The average molecular weight is 354 g/mol. The van der Waals surface area contributed by atoms with Crippen molar-refractivity contribution in [3.05, 3.63) is 70.8 Å². The second-order valence-electron chi connectivity index (χ2n) is 6.24. The Labute approximate surface area is 150 Å². The van der Waals surface area contributed by atoms with Gasteiger partial charge in [0.2, 0.25) is 0 Å². The first-order valence-corrected chi connectivity index (χ1v) is 8.40. The van der Waals surface area contributed by atoms with E-state index in [1.165, 1.54) is 23.1 Å². The largest absolute Gasteiger partial charge is 0.507 e. The van der Waals surface area contributed by atoms with Crippen LogP contribution in [0.3, 0.4) is 0 Å². The van der Waals surface area contributed by atoms with Gasteiger partial charge < -0.3 is 10.0 Å². The van der Waals surface area contributed by atoms with Crippen molar-refractivity contribution in [3.63, 3.8) is 0 Å². The van der Waals surface area contributed by atoms with Crippen LogP contribution in [-0.2, 0) is 9.59 Å². The molecular weight excluding hydrogens is 335 g/mol. The van der Waals surface area contributed by atoms with Gasteiger partial charge in [0.1, 0.15) is 11.6 Å². The fourth-order valence-corrected chi connectivity index (χ4v) is 3.19. The lowest BCUT2D eigenvalue weighted by atomic mass is 9.95. The van der Waals surface area contributed by atoms with Gasteiger partial charge in [-0.1, -0.05) is 6.92 Å². The number of aliphatic hydroxyl groups excluding tert-OH is 1. The van der Waals surface area contributed by atoms with Gasteiger partial charge in [-0.2, -0.15) is 0 Å². The molecule has 0 aliphatic carbocycles. The number of aryl methyl sites for hydroxylation is 1. The SMILES string of the molecule is CCCN1C(=O)C(=O)/C(=C(\O)c2ccc(F)c(C)c2)C1c1ccncc1. The molecular formula is C20H19FN2O3. The van der Waals surface area contributed by atoms with E-state index in [-0.39, 0.29) is 11.3 Å². The predicted molar refractivity (Wildman–Crippen MR) is 94.7 cm³/mol. The maximum Gasteiger partial charge on any atom is 0.295 e. The van der Waals surface area contributed by atoms with Gasteiger partial charge in [-0.3, -0.25) is 14.6 Å². The van der Waals surface area contributed by atoms with Crippen LogP contribution in [0.5, 0.6) is 0 Å². The molecule has 1 unspecified atom stereocenters. The third-order valence-corrected chi connectivity index (χ3v) is 4.46. The molecule has 3 rings (SSSR count). The van der Waals surface area contributed by atoms with E-state index in [0.717, 1.165) is 0 Å². The third-order valence-electron chi connectivity index (χ3n) is 4.46. The number of rotatable bonds is 4. The summed E-state index contributed by atoms with van der Waals surface area (Å²) in [6.45, 7) is 3.87. The van der Waals surface area contributed by atoms with E-state index in [4.69, 9.17) is 0 Å². The summed E-state index contributed by atoms with van der Waals surface area (Å²) in [5.41, 5.74) is 1.35. The van der Waals surface area contributed by atoms with Crippen LogP contribution >= 0.6 is 0 Å². The maximum absolute atomic E-state index is 13.5. The van der Waals surface area contributed by atoms with Gasteiger partial charge in [0.25, 0.3) is 11.7 Å². The second-order valence-corrected chi connectivity index (χ2v) is 6.24. The van der Waals surface area contributed by atoms with Crippen LogP contribution in [0, 0.1) is 12.7 Å². The summed E-state index contributed by atoms with van der Waals surface area (Å²) in [6, 6.07) is 6.82. The molecule has 1 amide bonds. The van der Waals surface area contributed by atoms with Crippen LogP contribution in [-0.4, -0.2) is 33.2 Å². The van der Waals surface area contributed by atoms with Crippen molar-refractivity contribution >= 4 is 17.4 Å². The summed E-state index contributed by atoms with van der Waals surface area (Å²) >= 11 is 0. The fraction of sp³-hybridized carbons (Fsp3) is 0.250. The topological polar surface area (TPSA) is 70.5 Å². The molecule has 134 valence electrons. The Bertz CT molecular complexity index is 893. The first kappa shape index (κ1) is 17.8. The molecule has 1 aromatic carbocycles. The van der Waals surface area contributed by atoms with E-state index in [2.05, 4.69) is 4.98 Å². The number of carbonyl (C=O) groups is 2. The highest BCUT2D eigenvalue weighted by Gasteiger charge is 2.45. The lowest BCUT2D eigenvalue weighted by Gasteiger charge is -2.24. The molecule has 5 nitrogen and oxygen atoms in total. The standard InChI is InChI=1S/C20H19FN2O3/c1-3-10-23-17(13-6-8-22-9-7-13)16(19(25)20(23)26)18(24)14-4-5-15(21)12(2)11-14/h4-9,11,17,24H,3,10H2,1-2H3/b18-16-. The first-order valence-electron chi connectivity index (χ1n) is 8.40. The van der Waals surface area contributed by atoms with Gasteiger partial charge in [-0.15, -0.1) is 0 Å². The van der Waals surface area contributed by atoms with Gasteiger partial charge in [0, 0.05) is 24.5 Å². The normalized spacial score (nSPS) is 19.2. The Kier molecular flexibility index (Phi) is 4.84. The molecule has 1 atom stereocenters. The number of aromatic nitrogens is 1. The highest BCUT2D eigenvalue weighted by atomic mass is 19.1. The number of hydrogen-bond donors (Lipinski definition) is 1. The monoisotopic (exact) mass is 354 g/mol. The number of Topliss-reactive ketones (excluding diaryl/α,β-unsaturated/α-hetero) is 1. The van der Waals surface area contributed by atoms with Crippen molar-refractivity contribution in [2.75, 3.05) is 6.54 Å². The van der Waals surface area contributed by atoms with Gasteiger partial charge in [-0.25, -0.2) is 4.39 Å². The summed E-state index contributed by atoms with van der Waals surface area (Å²) in [4.78, 5) is 30.6. The highest BCUT2D eigenvalue weighted by molar-refractivity contribution is 6.46. The number of benzene rings is 1. The number of carbonyl (C=O) groups excluding carboxylic acids is 2. The molecule has 1 N–H and O–H groups in total. The van der Waals surface area contributed by atoms with Crippen LogP contribution in [0.1, 0.15) is 36.1 Å². The Morgan fingerprint density at radius 3 is 2.54 bits per heavy atom. The zero-order valence-corrected chi connectivity index (χ0v) is 14.6. The second kappa shape index (κ2) is 7.07. The molecule has 0 bridgehead atoms. The van der Waals surface area contributed by atoms with Crippen LogP contribution < -0.4 is 0 Å². The summed E-state index contributed by atoms with van der Waals surface area (Å²) in [6.07, 6.45) is 3.82. The average Bonchev–Trinajstić information content (AvgIpc) is 2.89.